The largest absolute Gasteiger partial charge is 0.296 e. The fraction of sp³-hybridized carbons (Fsp3) is 0.389. The van der Waals surface area contributed by atoms with E-state index in [1.165, 1.54) is 0 Å². The molecule has 0 amide bonds. The molecule has 1 saturated heterocycles. The topological polar surface area (TPSA) is 53.5 Å². The van der Waals surface area contributed by atoms with Crippen molar-refractivity contribution >= 4 is 10.0 Å². The molecule has 1 aromatic carbocycles. The number of nitrogens with zero attached hydrogens (tertiary/aromatic N) is 3. The molecule has 1 aliphatic rings. The summed E-state index contributed by atoms with van der Waals surface area (Å²) in [4.78, 5) is 6.78. The SMILES string of the molecule is CCc1ccc(S(=O)(=O)N2CCN(Cc3cccnc3)CC2)cc1. The third kappa shape index (κ3) is 3.83. The highest BCUT2D eigenvalue weighted by Gasteiger charge is 2.28. The quantitative estimate of drug-likeness (QED) is 0.833. The molecular weight excluding hydrogens is 322 g/mol. The zero-order valence-electron chi connectivity index (χ0n) is 13.9. The summed E-state index contributed by atoms with van der Waals surface area (Å²) in [6.07, 6.45) is 4.53. The van der Waals surface area contributed by atoms with Crippen LogP contribution in [0.2, 0.25) is 0 Å². The zero-order valence-corrected chi connectivity index (χ0v) is 14.7. The van der Waals surface area contributed by atoms with Crippen LogP contribution in [0.15, 0.2) is 53.7 Å². The Balaban J connectivity index is 1.62. The maximum absolute atomic E-state index is 12.7. The smallest absolute Gasteiger partial charge is 0.243 e. The van der Waals surface area contributed by atoms with Crippen LogP contribution < -0.4 is 0 Å². The van der Waals surface area contributed by atoms with Crippen molar-refractivity contribution in [3.05, 3.63) is 59.9 Å². The lowest BCUT2D eigenvalue weighted by molar-refractivity contribution is 0.181. The van der Waals surface area contributed by atoms with Crippen molar-refractivity contribution in [3.63, 3.8) is 0 Å². The highest BCUT2D eigenvalue weighted by molar-refractivity contribution is 7.89. The van der Waals surface area contributed by atoms with Gasteiger partial charge in [-0.1, -0.05) is 25.1 Å². The summed E-state index contributed by atoms with van der Waals surface area (Å²) in [6, 6.07) is 11.2. The lowest BCUT2D eigenvalue weighted by Gasteiger charge is -2.33. The van der Waals surface area contributed by atoms with Crippen molar-refractivity contribution in [1.29, 1.82) is 0 Å². The van der Waals surface area contributed by atoms with Crippen LogP contribution in [0, 0.1) is 0 Å². The molecule has 2 aromatic rings. The van der Waals surface area contributed by atoms with Crippen molar-refractivity contribution in [2.45, 2.75) is 24.8 Å². The van der Waals surface area contributed by atoms with Gasteiger partial charge in [-0.15, -0.1) is 0 Å². The zero-order chi connectivity index (χ0) is 17.0. The Morgan fingerprint density at radius 2 is 1.71 bits per heavy atom. The summed E-state index contributed by atoms with van der Waals surface area (Å²) in [5.41, 5.74) is 2.30. The Kier molecular flexibility index (Phi) is 5.28. The first-order chi connectivity index (χ1) is 11.6. The Morgan fingerprint density at radius 3 is 2.29 bits per heavy atom. The number of pyridine rings is 1. The Hall–Kier alpha value is -1.76. The lowest BCUT2D eigenvalue weighted by atomic mass is 10.2. The molecule has 1 aromatic heterocycles. The molecule has 6 heteroatoms. The Bertz CT molecular complexity index is 753. The van der Waals surface area contributed by atoms with Gasteiger partial charge >= 0.3 is 0 Å². The Morgan fingerprint density at radius 1 is 1.00 bits per heavy atom. The minimum absolute atomic E-state index is 0.389. The summed E-state index contributed by atoms with van der Waals surface area (Å²) in [5, 5.41) is 0. The predicted molar refractivity (Wildman–Crippen MR) is 94.1 cm³/mol. The van der Waals surface area contributed by atoms with Crippen molar-refractivity contribution in [2.24, 2.45) is 0 Å². The fourth-order valence-corrected chi connectivity index (χ4v) is 4.35. The first-order valence-corrected chi connectivity index (χ1v) is 9.74. The maximum Gasteiger partial charge on any atom is 0.243 e. The van der Waals surface area contributed by atoms with Gasteiger partial charge in [-0.3, -0.25) is 9.88 Å². The van der Waals surface area contributed by atoms with Crippen molar-refractivity contribution < 1.29 is 8.42 Å². The molecule has 0 radical (unpaired) electrons. The van der Waals surface area contributed by atoms with Gasteiger partial charge in [-0.05, 0) is 35.7 Å². The fourth-order valence-electron chi connectivity index (χ4n) is 2.92. The second-order valence-electron chi connectivity index (χ2n) is 6.04. The maximum atomic E-state index is 12.7. The van der Waals surface area contributed by atoms with Gasteiger partial charge in [-0.25, -0.2) is 8.42 Å². The van der Waals surface area contributed by atoms with Gasteiger partial charge in [0.05, 0.1) is 4.90 Å². The lowest BCUT2D eigenvalue weighted by Crippen LogP contribution is -2.48. The van der Waals surface area contributed by atoms with E-state index < -0.39 is 10.0 Å². The summed E-state index contributed by atoms with van der Waals surface area (Å²) in [7, 11) is -3.39. The van der Waals surface area contributed by atoms with E-state index in [1.807, 2.05) is 30.5 Å². The molecule has 3 rings (SSSR count). The van der Waals surface area contributed by atoms with Gasteiger partial charge in [0.1, 0.15) is 0 Å². The van der Waals surface area contributed by atoms with Crippen LogP contribution in [0.4, 0.5) is 0 Å². The highest BCUT2D eigenvalue weighted by Crippen LogP contribution is 2.19. The number of hydrogen-bond acceptors (Lipinski definition) is 4. The van der Waals surface area contributed by atoms with Gasteiger partial charge in [-0.2, -0.15) is 4.31 Å². The van der Waals surface area contributed by atoms with Crippen LogP contribution in [0.3, 0.4) is 0 Å². The van der Waals surface area contributed by atoms with Gasteiger partial charge in [0.2, 0.25) is 10.0 Å². The van der Waals surface area contributed by atoms with Crippen molar-refractivity contribution in [1.82, 2.24) is 14.2 Å². The van der Waals surface area contributed by atoms with E-state index in [9.17, 15) is 8.42 Å². The minimum Gasteiger partial charge on any atom is -0.296 e. The monoisotopic (exact) mass is 345 g/mol. The molecule has 1 fully saturated rings. The van der Waals surface area contributed by atoms with Gasteiger partial charge < -0.3 is 0 Å². The van der Waals surface area contributed by atoms with Gasteiger partial charge in [0, 0.05) is 45.1 Å². The molecule has 128 valence electrons. The van der Waals surface area contributed by atoms with Crippen molar-refractivity contribution in [2.75, 3.05) is 26.2 Å². The predicted octanol–water partition coefficient (Wildman–Crippen LogP) is 2.15. The standard InChI is InChI=1S/C18H23N3O2S/c1-2-16-5-7-18(8-6-16)24(22,23)21-12-10-20(11-13-21)15-17-4-3-9-19-14-17/h3-9,14H,2,10-13,15H2,1H3. The summed E-state index contributed by atoms with van der Waals surface area (Å²) >= 11 is 0. The highest BCUT2D eigenvalue weighted by atomic mass is 32.2. The normalized spacial score (nSPS) is 17.0. The second kappa shape index (κ2) is 7.42. The van der Waals surface area contributed by atoms with Gasteiger partial charge in [0.15, 0.2) is 0 Å². The van der Waals surface area contributed by atoms with Crippen LogP contribution in [0.25, 0.3) is 0 Å². The molecule has 1 aliphatic heterocycles. The van der Waals surface area contributed by atoms with Crippen LogP contribution >= 0.6 is 0 Å². The third-order valence-electron chi connectivity index (χ3n) is 4.43. The number of rotatable bonds is 5. The molecule has 0 aliphatic carbocycles. The molecule has 0 atom stereocenters. The molecule has 2 heterocycles. The number of piperazine rings is 1. The van der Waals surface area contributed by atoms with Crippen LogP contribution in [0.5, 0.6) is 0 Å². The molecule has 0 N–H and O–H groups in total. The second-order valence-corrected chi connectivity index (χ2v) is 7.98. The molecule has 0 saturated carbocycles. The number of benzene rings is 1. The van der Waals surface area contributed by atoms with E-state index in [-0.39, 0.29) is 0 Å². The first-order valence-electron chi connectivity index (χ1n) is 8.30. The average molecular weight is 345 g/mol. The summed E-state index contributed by atoms with van der Waals surface area (Å²) in [6.45, 7) is 5.40. The number of hydrogen-bond donors (Lipinski definition) is 0. The Labute approximate surface area is 144 Å². The van der Waals surface area contributed by atoms with E-state index in [1.54, 1.807) is 22.6 Å². The molecule has 0 bridgehead atoms. The number of aryl methyl sites for hydroxylation is 1. The first kappa shape index (κ1) is 17.1. The van der Waals surface area contributed by atoms with Crippen molar-refractivity contribution in [3.8, 4) is 0 Å². The number of aromatic nitrogens is 1. The van der Waals surface area contributed by atoms with Crippen LogP contribution in [-0.4, -0.2) is 48.8 Å². The summed E-state index contributed by atoms with van der Waals surface area (Å²) in [5.74, 6) is 0. The van der Waals surface area contributed by atoms with Crippen LogP contribution in [0.1, 0.15) is 18.1 Å². The van der Waals surface area contributed by atoms with E-state index in [0.717, 1.165) is 37.2 Å². The molecule has 24 heavy (non-hydrogen) atoms. The van der Waals surface area contributed by atoms with E-state index in [4.69, 9.17) is 0 Å². The molecule has 5 nitrogen and oxygen atoms in total. The molecular formula is C18H23N3O2S. The van der Waals surface area contributed by atoms with E-state index in [0.29, 0.717) is 18.0 Å². The van der Waals surface area contributed by atoms with Gasteiger partial charge in [0.25, 0.3) is 0 Å². The molecule has 0 unspecified atom stereocenters. The molecule has 0 spiro atoms. The van der Waals surface area contributed by atoms with E-state index in [2.05, 4.69) is 16.8 Å². The number of sulfonamides is 1. The van der Waals surface area contributed by atoms with E-state index >= 15 is 0 Å². The average Bonchev–Trinajstić information content (AvgIpc) is 2.63. The van der Waals surface area contributed by atoms with Crippen LogP contribution in [-0.2, 0) is 23.0 Å². The summed E-state index contributed by atoms with van der Waals surface area (Å²) < 4.78 is 27.1. The minimum atomic E-state index is -3.39. The third-order valence-corrected chi connectivity index (χ3v) is 6.34.